The molecule has 0 saturated carbocycles. The van der Waals surface area contributed by atoms with Gasteiger partial charge >= 0.3 is 0 Å². The minimum Gasteiger partial charge on any atom is -0.208 e. The van der Waals surface area contributed by atoms with Crippen LogP contribution in [-0.2, 0) is 0 Å². The van der Waals surface area contributed by atoms with E-state index in [-0.39, 0.29) is 0 Å². The standard InChI is InChI=1S/C52H34N6/c1-5-17-36(18-6-1)47-53-48(37-19-7-2-8-20-37)56-51(55-47)42-29-13-27-40(33-42)44-31-15-25-35-26-16-32-45(46(35)44)41-28-14-30-43(34-41)52-57-49(38-21-9-3-10-22-38)54-50(58-52)39-23-11-4-12-24-39/h1-34H. The van der Waals surface area contributed by atoms with Gasteiger partial charge < -0.3 is 0 Å². The zero-order valence-corrected chi connectivity index (χ0v) is 31.3. The molecular formula is C52H34N6. The zero-order chi connectivity index (χ0) is 38.7. The van der Waals surface area contributed by atoms with Gasteiger partial charge in [-0.25, -0.2) is 29.9 Å². The van der Waals surface area contributed by atoms with Crippen molar-refractivity contribution >= 4 is 10.8 Å². The fourth-order valence-corrected chi connectivity index (χ4v) is 7.35. The van der Waals surface area contributed by atoms with E-state index in [2.05, 4.69) is 84.9 Å². The average Bonchev–Trinajstić information content (AvgIpc) is 3.32. The van der Waals surface area contributed by atoms with Crippen molar-refractivity contribution in [3.8, 4) is 90.6 Å². The molecule has 58 heavy (non-hydrogen) atoms. The Morgan fingerprint density at radius 1 is 0.207 bits per heavy atom. The van der Waals surface area contributed by atoms with Crippen LogP contribution in [0, 0.1) is 0 Å². The summed E-state index contributed by atoms with van der Waals surface area (Å²) in [5, 5.41) is 2.29. The molecule has 2 heterocycles. The summed E-state index contributed by atoms with van der Waals surface area (Å²) >= 11 is 0. The summed E-state index contributed by atoms with van der Waals surface area (Å²) in [6, 6.07) is 70.2. The van der Waals surface area contributed by atoms with Crippen molar-refractivity contribution < 1.29 is 0 Å². The van der Waals surface area contributed by atoms with Gasteiger partial charge in [0.1, 0.15) is 0 Å². The van der Waals surface area contributed by atoms with E-state index >= 15 is 0 Å². The van der Waals surface area contributed by atoms with Crippen molar-refractivity contribution in [2.45, 2.75) is 0 Å². The van der Waals surface area contributed by atoms with Crippen LogP contribution >= 0.6 is 0 Å². The SMILES string of the molecule is c1ccc(-c2nc(-c3ccccc3)nc(-c3cccc(-c4cccc5cccc(-c6cccc(-c7nc(-c8ccccc8)nc(-c8ccccc8)n7)c6)c45)c3)n2)cc1. The normalized spacial score (nSPS) is 11.1. The second-order valence-corrected chi connectivity index (χ2v) is 13.9. The largest absolute Gasteiger partial charge is 0.208 e. The first-order valence-electron chi connectivity index (χ1n) is 19.2. The van der Waals surface area contributed by atoms with E-state index in [1.807, 2.05) is 121 Å². The Hall–Kier alpha value is -7.96. The summed E-state index contributed by atoms with van der Waals surface area (Å²) in [6.07, 6.45) is 0. The highest BCUT2D eigenvalue weighted by molar-refractivity contribution is 6.07. The minimum atomic E-state index is 0.616. The quantitative estimate of drug-likeness (QED) is 0.154. The monoisotopic (exact) mass is 742 g/mol. The van der Waals surface area contributed by atoms with Crippen LogP contribution < -0.4 is 0 Å². The molecule has 0 spiro atoms. The van der Waals surface area contributed by atoms with E-state index in [4.69, 9.17) is 29.9 Å². The van der Waals surface area contributed by atoms with Gasteiger partial charge in [0.25, 0.3) is 0 Å². The van der Waals surface area contributed by atoms with Crippen LogP contribution in [0.2, 0.25) is 0 Å². The Morgan fingerprint density at radius 3 is 0.793 bits per heavy atom. The third-order valence-corrected chi connectivity index (χ3v) is 10.2. The molecule has 8 aromatic carbocycles. The van der Waals surface area contributed by atoms with Crippen molar-refractivity contribution in [2.24, 2.45) is 0 Å². The zero-order valence-electron chi connectivity index (χ0n) is 31.3. The predicted octanol–water partition coefficient (Wildman–Crippen LogP) is 12.5. The molecule has 6 nitrogen and oxygen atoms in total. The molecule has 0 atom stereocenters. The maximum atomic E-state index is 5.01. The van der Waals surface area contributed by atoms with Gasteiger partial charge in [-0.15, -0.1) is 0 Å². The number of nitrogens with zero attached hydrogens (tertiary/aromatic N) is 6. The van der Waals surface area contributed by atoms with E-state index in [0.29, 0.717) is 34.9 Å². The van der Waals surface area contributed by atoms with Gasteiger partial charge in [-0.2, -0.15) is 0 Å². The van der Waals surface area contributed by atoms with Gasteiger partial charge in [-0.1, -0.05) is 194 Å². The second-order valence-electron chi connectivity index (χ2n) is 13.9. The highest BCUT2D eigenvalue weighted by Gasteiger charge is 2.17. The molecule has 0 aliphatic heterocycles. The molecule has 272 valence electrons. The molecule has 6 heteroatoms. The first-order chi connectivity index (χ1) is 28.7. The van der Waals surface area contributed by atoms with E-state index < -0.39 is 0 Å². The van der Waals surface area contributed by atoms with Gasteiger partial charge in [0.05, 0.1) is 0 Å². The number of aromatic nitrogens is 6. The summed E-state index contributed by atoms with van der Waals surface area (Å²) in [4.78, 5) is 29.9. The van der Waals surface area contributed by atoms with Crippen LogP contribution in [0.4, 0.5) is 0 Å². The van der Waals surface area contributed by atoms with E-state index in [0.717, 1.165) is 66.4 Å². The number of hydrogen-bond acceptors (Lipinski definition) is 6. The van der Waals surface area contributed by atoms with Crippen LogP contribution in [0.3, 0.4) is 0 Å². The Labute approximate surface area is 336 Å². The summed E-state index contributed by atoms with van der Waals surface area (Å²) in [7, 11) is 0. The molecule has 0 bridgehead atoms. The van der Waals surface area contributed by atoms with Crippen LogP contribution in [-0.4, -0.2) is 29.9 Å². The van der Waals surface area contributed by atoms with Crippen molar-refractivity contribution in [1.29, 1.82) is 0 Å². The lowest BCUT2D eigenvalue weighted by molar-refractivity contribution is 1.07. The molecule has 10 rings (SSSR count). The fraction of sp³-hybridized carbons (Fsp3) is 0. The summed E-state index contributed by atoms with van der Waals surface area (Å²) in [5.41, 5.74) is 9.90. The van der Waals surface area contributed by atoms with Crippen LogP contribution in [0.1, 0.15) is 0 Å². The highest BCUT2D eigenvalue weighted by Crippen LogP contribution is 2.39. The topological polar surface area (TPSA) is 77.3 Å². The summed E-state index contributed by atoms with van der Waals surface area (Å²) in [5.74, 6) is 3.76. The van der Waals surface area contributed by atoms with Gasteiger partial charge in [0.2, 0.25) is 0 Å². The molecule has 0 unspecified atom stereocenters. The maximum Gasteiger partial charge on any atom is 0.164 e. The predicted molar refractivity (Wildman–Crippen MR) is 234 cm³/mol. The molecule has 0 fully saturated rings. The summed E-state index contributed by atoms with van der Waals surface area (Å²) < 4.78 is 0. The van der Waals surface area contributed by atoms with E-state index in [1.165, 1.54) is 0 Å². The number of hydrogen-bond donors (Lipinski definition) is 0. The maximum absolute atomic E-state index is 5.01. The minimum absolute atomic E-state index is 0.616. The van der Waals surface area contributed by atoms with Gasteiger partial charge in [0.15, 0.2) is 34.9 Å². The van der Waals surface area contributed by atoms with Crippen LogP contribution in [0.15, 0.2) is 206 Å². The fourth-order valence-electron chi connectivity index (χ4n) is 7.35. The van der Waals surface area contributed by atoms with Gasteiger partial charge in [-0.3, -0.25) is 0 Å². The first kappa shape index (κ1) is 34.5. The van der Waals surface area contributed by atoms with E-state index in [9.17, 15) is 0 Å². The molecule has 0 radical (unpaired) electrons. The Balaban J connectivity index is 1.09. The lowest BCUT2D eigenvalue weighted by atomic mass is 9.90. The molecule has 10 aromatic rings. The van der Waals surface area contributed by atoms with Crippen LogP contribution in [0.5, 0.6) is 0 Å². The number of fused-ring (bicyclic) bond motifs is 1. The molecule has 0 aliphatic rings. The second kappa shape index (κ2) is 15.3. The van der Waals surface area contributed by atoms with Crippen molar-refractivity contribution in [1.82, 2.24) is 29.9 Å². The van der Waals surface area contributed by atoms with Crippen molar-refractivity contribution in [3.63, 3.8) is 0 Å². The Bertz CT molecular complexity index is 2720. The van der Waals surface area contributed by atoms with Gasteiger partial charge in [-0.05, 0) is 45.2 Å². The molecular weight excluding hydrogens is 709 g/mol. The molecule has 0 N–H and O–H groups in total. The molecule has 0 saturated heterocycles. The lowest BCUT2D eigenvalue weighted by Crippen LogP contribution is -2.00. The third-order valence-electron chi connectivity index (χ3n) is 10.2. The Morgan fingerprint density at radius 2 is 0.466 bits per heavy atom. The Kier molecular flexibility index (Phi) is 9.10. The lowest BCUT2D eigenvalue weighted by Gasteiger charge is -2.15. The molecule has 0 aliphatic carbocycles. The molecule has 2 aromatic heterocycles. The number of benzene rings is 8. The summed E-state index contributed by atoms with van der Waals surface area (Å²) in [6.45, 7) is 0. The average molecular weight is 743 g/mol. The smallest absolute Gasteiger partial charge is 0.164 e. The number of rotatable bonds is 8. The van der Waals surface area contributed by atoms with Gasteiger partial charge in [0, 0.05) is 33.4 Å². The van der Waals surface area contributed by atoms with Crippen LogP contribution in [0.25, 0.3) is 101 Å². The molecule has 0 amide bonds. The van der Waals surface area contributed by atoms with Crippen molar-refractivity contribution in [3.05, 3.63) is 206 Å². The third kappa shape index (κ3) is 6.91. The van der Waals surface area contributed by atoms with Crippen molar-refractivity contribution in [2.75, 3.05) is 0 Å². The first-order valence-corrected chi connectivity index (χ1v) is 19.2. The highest BCUT2D eigenvalue weighted by atomic mass is 15.0. The van der Waals surface area contributed by atoms with E-state index in [1.54, 1.807) is 0 Å².